The number of ether oxygens (including phenoxy) is 2. The van der Waals surface area contributed by atoms with Crippen LogP contribution < -0.4 is 0 Å². The van der Waals surface area contributed by atoms with Crippen LogP contribution in [-0.4, -0.2) is 54.3 Å². The van der Waals surface area contributed by atoms with E-state index >= 15 is 0 Å². The predicted octanol–water partition coefficient (Wildman–Crippen LogP) is -1.04. The number of aliphatic hydroxyl groups excluding tert-OH is 2. The van der Waals surface area contributed by atoms with Gasteiger partial charge in [-0.15, -0.1) is 0 Å². The van der Waals surface area contributed by atoms with Crippen molar-refractivity contribution in [1.29, 1.82) is 0 Å². The lowest BCUT2D eigenvalue weighted by Crippen LogP contribution is -2.37. The van der Waals surface area contributed by atoms with Crippen LogP contribution in [0.2, 0.25) is 0 Å². The molecule has 0 saturated carbocycles. The van der Waals surface area contributed by atoms with E-state index in [1.807, 2.05) is 0 Å². The highest BCUT2D eigenvalue weighted by Gasteiger charge is 2.46. The van der Waals surface area contributed by atoms with E-state index in [9.17, 15) is 15.0 Å². The fraction of sp³-hybridized carbons (Fsp3) is 0.857. The molecule has 1 aliphatic heterocycles. The van der Waals surface area contributed by atoms with Crippen LogP contribution in [0, 0.1) is 0 Å². The third-order valence-corrected chi connectivity index (χ3v) is 2.12. The normalized spacial score (nSPS) is 34.6. The molecule has 0 aromatic rings. The Morgan fingerprint density at radius 1 is 1.60 bits per heavy atom. The van der Waals surface area contributed by atoms with Crippen molar-refractivity contribution in [3.63, 3.8) is 0 Å². The van der Waals surface area contributed by atoms with E-state index in [0.29, 0.717) is 0 Å². The number of carbonyl (C=O) groups is 1. The van der Waals surface area contributed by atoms with Crippen molar-refractivity contribution >= 4 is 5.97 Å². The monoisotopic (exact) mass is 217 g/mol. The molecular weight excluding hydrogens is 206 g/mol. The van der Waals surface area contributed by atoms with Crippen LogP contribution in [-0.2, 0) is 14.3 Å². The molecule has 8 heteroatoms. The fourth-order valence-corrected chi connectivity index (χ4v) is 1.33. The standard InChI is InChI=1S/C7H11N3O5/c1-14-7(13)6-5(12)4(11)3(15-6)2-9-10-8/h3-6,11-12H,2H2,1H3/t3-,4-,5-,6-/m0/s1. The number of hydrogen-bond acceptors (Lipinski definition) is 6. The summed E-state index contributed by atoms with van der Waals surface area (Å²) in [5.74, 6) is -0.773. The van der Waals surface area contributed by atoms with E-state index < -0.39 is 30.4 Å². The highest BCUT2D eigenvalue weighted by molar-refractivity contribution is 5.75. The molecule has 0 spiro atoms. The van der Waals surface area contributed by atoms with Gasteiger partial charge in [0.25, 0.3) is 0 Å². The summed E-state index contributed by atoms with van der Waals surface area (Å²) in [6, 6.07) is 0. The average Bonchev–Trinajstić information content (AvgIpc) is 2.53. The van der Waals surface area contributed by atoms with Crippen molar-refractivity contribution in [2.45, 2.75) is 24.4 Å². The second-order valence-corrected chi connectivity index (χ2v) is 3.01. The molecule has 4 atom stereocenters. The Hall–Kier alpha value is -1.34. The highest BCUT2D eigenvalue weighted by Crippen LogP contribution is 2.22. The molecule has 8 nitrogen and oxygen atoms in total. The van der Waals surface area contributed by atoms with Crippen LogP contribution in [0.3, 0.4) is 0 Å². The van der Waals surface area contributed by atoms with Gasteiger partial charge in [-0.05, 0) is 5.53 Å². The number of aliphatic hydroxyl groups is 2. The first-order valence-corrected chi connectivity index (χ1v) is 4.22. The van der Waals surface area contributed by atoms with Crippen LogP contribution in [0.15, 0.2) is 5.11 Å². The van der Waals surface area contributed by atoms with Gasteiger partial charge >= 0.3 is 5.97 Å². The maximum absolute atomic E-state index is 11.1. The molecule has 15 heavy (non-hydrogen) atoms. The van der Waals surface area contributed by atoms with Gasteiger partial charge in [-0.1, -0.05) is 5.11 Å². The third-order valence-electron chi connectivity index (χ3n) is 2.12. The molecule has 84 valence electrons. The smallest absolute Gasteiger partial charge is 0.337 e. The second kappa shape index (κ2) is 4.94. The summed E-state index contributed by atoms with van der Waals surface area (Å²) in [6.45, 7) is -0.151. The summed E-state index contributed by atoms with van der Waals surface area (Å²) in [7, 11) is 1.14. The van der Waals surface area contributed by atoms with Crippen molar-refractivity contribution in [3.8, 4) is 0 Å². The van der Waals surface area contributed by atoms with Crippen molar-refractivity contribution in [2.75, 3.05) is 13.7 Å². The minimum absolute atomic E-state index is 0.151. The maximum atomic E-state index is 11.1. The fourth-order valence-electron chi connectivity index (χ4n) is 1.33. The number of methoxy groups -OCH3 is 1. The highest BCUT2D eigenvalue weighted by atomic mass is 16.6. The Morgan fingerprint density at radius 2 is 2.27 bits per heavy atom. The lowest BCUT2D eigenvalue weighted by Gasteiger charge is -2.11. The first-order chi connectivity index (χ1) is 7.11. The van der Waals surface area contributed by atoms with Crippen LogP contribution in [0.5, 0.6) is 0 Å². The molecule has 2 N–H and O–H groups in total. The van der Waals surface area contributed by atoms with E-state index in [1.165, 1.54) is 0 Å². The number of rotatable bonds is 3. The van der Waals surface area contributed by atoms with Crippen molar-refractivity contribution < 1.29 is 24.5 Å². The molecule has 0 aromatic heterocycles. The first kappa shape index (κ1) is 11.7. The van der Waals surface area contributed by atoms with Gasteiger partial charge in [0.05, 0.1) is 19.8 Å². The molecule has 0 radical (unpaired) electrons. The molecule has 0 aromatic carbocycles. The summed E-state index contributed by atoms with van der Waals surface area (Å²) in [4.78, 5) is 13.6. The zero-order valence-corrected chi connectivity index (χ0v) is 7.98. The van der Waals surface area contributed by atoms with Gasteiger partial charge < -0.3 is 19.7 Å². The number of esters is 1. The van der Waals surface area contributed by atoms with E-state index in [1.54, 1.807) is 0 Å². The molecule has 1 fully saturated rings. The van der Waals surface area contributed by atoms with Gasteiger partial charge in [-0.2, -0.15) is 0 Å². The molecule has 1 saturated heterocycles. The Morgan fingerprint density at radius 3 is 2.80 bits per heavy atom. The molecule has 0 unspecified atom stereocenters. The summed E-state index contributed by atoms with van der Waals surface area (Å²) >= 11 is 0. The minimum atomic E-state index is -1.36. The molecule has 0 aliphatic carbocycles. The summed E-state index contributed by atoms with van der Waals surface area (Å²) in [6.07, 6.45) is -4.75. The molecule has 1 aliphatic rings. The molecular formula is C7H11N3O5. The predicted molar refractivity (Wildman–Crippen MR) is 46.7 cm³/mol. The van der Waals surface area contributed by atoms with Crippen LogP contribution in [0.1, 0.15) is 0 Å². The number of carbonyl (C=O) groups excluding carboxylic acids is 1. The topological polar surface area (TPSA) is 125 Å². The molecule has 1 heterocycles. The first-order valence-electron chi connectivity index (χ1n) is 4.22. The average molecular weight is 217 g/mol. The van der Waals surface area contributed by atoms with Gasteiger partial charge in [0, 0.05) is 4.91 Å². The van der Waals surface area contributed by atoms with E-state index in [4.69, 9.17) is 10.3 Å². The minimum Gasteiger partial charge on any atom is -0.467 e. The lowest BCUT2D eigenvalue weighted by molar-refractivity contribution is -0.156. The van der Waals surface area contributed by atoms with Crippen LogP contribution in [0.25, 0.3) is 10.4 Å². The zero-order valence-electron chi connectivity index (χ0n) is 7.98. The van der Waals surface area contributed by atoms with Gasteiger partial charge in [-0.3, -0.25) is 0 Å². The van der Waals surface area contributed by atoms with E-state index in [-0.39, 0.29) is 6.54 Å². The Labute approximate surface area is 85.0 Å². The Balaban J connectivity index is 2.66. The molecule has 0 amide bonds. The van der Waals surface area contributed by atoms with E-state index in [2.05, 4.69) is 14.8 Å². The van der Waals surface area contributed by atoms with Gasteiger partial charge in [0.15, 0.2) is 6.10 Å². The quantitative estimate of drug-likeness (QED) is 0.270. The summed E-state index contributed by atoms with van der Waals surface area (Å²) in [5.41, 5.74) is 8.07. The zero-order chi connectivity index (χ0) is 11.4. The van der Waals surface area contributed by atoms with Crippen molar-refractivity contribution in [1.82, 2.24) is 0 Å². The molecule has 0 bridgehead atoms. The number of hydrogen-bond donors (Lipinski definition) is 2. The van der Waals surface area contributed by atoms with Crippen LogP contribution >= 0.6 is 0 Å². The molecule has 1 rings (SSSR count). The number of azide groups is 1. The van der Waals surface area contributed by atoms with Gasteiger partial charge in [0.2, 0.25) is 0 Å². The van der Waals surface area contributed by atoms with Gasteiger partial charge in [0.1, 0.15) is 12.2 Å². The Kier molecular flexibility index (Phi) is 3.87. The SMILES string of the molecule is COC(=O)[C@H]1O[C@@H](CN=[N+]=[N-])[C@H](O)[C@@H]1O. The van der Waals surface area contributed by atoms with Crippen molar-refractivity contribution in [3.05, 3.63) is 10.4 Å². The van der Waals surface area contributed by atoms with Crippen LogP contribution in [0.4, 0.5) is 0 Å². The number of nitrogens with zero attached hydrogens (tertiary/aromatic N) is 3. The summed E-state index contributed by atoms with van der Waals surface area (Å²) in [5, 5.41) is 22.0. The Bertz CT molecular complexity index is 290. The summed E-state index contributed by atoms with van der Waals surface area (Å²) < 4.78 is 9.37. The van der Waals surface area contributed by atoms with Crippen molar-refractivity contribution in [2.24, 2.45) is 5.11 Å². The maximum Gasteiger partial charge on any atom is 0.337 e. The van der Waals surface area contributed by atoms with E-state index in [0.717, 1.165) is 7.11 Å². The second-order valence-electron chi connectivity index (χ2n) is 3.01. The largest absolute Gasteiger partial charge is 0.467 e. The lowest BCUT2D eigenvalue weighted by atomic mass is 10.1. The van der Waals surface area contributed by atoms with Gasteiger partial charge in [-0.25, -0.2) is 4.79 Å². The third kappa shape index (κ3) is 2.37.